The van der Waals surface area contributed by atoms with Crippen molar-refractivity contribution in [3.05, 3.63) is 83.9 Å². The number of nitrogens with zero attached hydrogens (tertiary/aromatic N) is 4. The Kier molecular flexibility index (Phi) is 4.62. The van der Waals surface area contributed by atoms with Crippen LogP contribution in [-0.4, -0.2) is 44.1 Å². The van der Waals surface area contributed by atoms with E-state index in [-0.39, 0.29) is 24.5 Å². The van der Waals surface area contributed by atoms with Gasteiger partial charge in [-0.2, -0.15) is 0 Å². The molecule has 0 saturated heterocycles. The van der Waals surface area contributed by atoms with Crippen molar-refractivity contribution in [2.45, 2.75) is 5.16 Å². The van der Waals surface area contributed by atoms with Gasteiger partial charge in [0.05, 0.1) is 17.0 Å². The number of amides is 2. The number of ether oxygens (including phenoxy) is 2. The first kappa shape index (κ1) is 19.6. The van der Waals surface area contributed by atoms with Crippen molar-refractivity contribution in [2.75, 3.05) is 12.7 Å². The first-order valence-electron chi connectivity index (χ1n) is 10.2. The molecule has 1 aromatic heterocycles. The van der Waals surface area contributed by atoms with Crippen molar-refractivity contribution in [3.8, 4) is 28.6 Å². The van der Waals surface area contributed by atoms with E-state index >= 15 is 0 Å². The minimum absolute atomic E-state index is 0.123. The van der Waals surface area contributed by atoms with Gasteiger partial charge in [0.2, 0.25) is 6.79 Å². The fourth-order valence-corrected chi connectivity index (χ4v) is 4.77. The van der Waals surface area contributed by atoms with E-state index in [1.165, 1.54) is 16.7 Å². The molecule has 9 heteroatoms. The fourth-order valence-electron chi connectivity index (χ4n) is 3.87. The van der Waals surface area contributed by atoms with Crippen LogP contribution >= 0.6 is 11.8 Å². The van der Waals surface area contributed by atoms with Crippen molar-refractivity contribution in [1.82, 2.24) is 19.7 Å². The van der Waals surface area contributed by atoms with Gasteiger partial charge in [0.1, 0.15) is 0 Å². The monoisotopic (exact) mass is 456 g/mol. The number of rotatable bonds is 5. The summed E-state index contributed by atoms with van der Waals surface area (Å²) in [4.78, 5) is 26.7. The van der Waals surface area contributed by atoms with Gasteiger partial charge in [0, 0.05) is 11.3 Å². The number of carbonyl (C=O) groups is 2. The van der Waals surface area contributed by atoms with E-state index in [1.54, 1.807) is 24.3 Å². The zero-order valence-electron chi connectivity index (χ0n) is 17.2. The highest BCUT2D eigenvalue weighted by molar-refractivity contribution is 7.99. The fraction of sp³-hybridized carbons (Fsp3) is 0.0833. The summed E-state index contributed by atoms with van der Waals surface area (Å²) < 4.78 is 12.8. The topological polar surface area (TPSA) is 86.6 Å². The Morgan fingerprint density at radius 1 is 0.818 bits per heavy atom. The first-order valence-corrected chi connectivity index (χ1v) is 11.2. The average molecular weight is 456 g/mol. The molecule has 0 spiro atoms. The van der Waals surface area contributed by atoms with Crippen molar-refractivity contribution >= 4 is 23.6 Å². The van der Waals surface area contributed by atoms with Crippen LogP contribution in [0.2, 0.25) is 0 Å². The summed E-state index contributed by atoms with van der Waals surface area (Å²) in [5.74, 6) is 1.47. The molecule has 0 aliphatic carbocycles. The van der Waals surface area contributed by atoms with Gasteiger partial charge in [-0.25, -0.2) is 0 Å². The lowest BCUT2D eigenvalue weighted by Crippen LogP contribution is -2.29. The number of hydrogen-bond donors (Lipinski definition) is 0. The summed E-state index contributed by atoms with van der Waals surface area (Å²) >= 11 is 1.28. The van der Waals surface area contributed by atoms with Crippen molar-refractivity contribution in [2.24, 2.45) is 0 Å². The Bertz CT molecular complexity index is 1370. The van der Waals surface area contributed by atoms with Crippen LogP contribution in [0, 0.1) is 0 Å². The number of fused-ring (bicyclic) bond motifs is 2. The highest BCUT2D eigenvalue weighted by Crippen LogP contribution is 2.37. The van der Waals surface area contributed by atoms with Gasteiger partial charge in [0.25, 0.3) is 11.8 Å². The van der Waals surface area contributed by atoms with Gasteiger partial charge >= 0.3 is 0 Å². The van der Waals surface area contributed by atoms with E-state index in [9.17, 15) is 9.59 Å². The second-order valence-corrected chi connectivity index (χ2v) is 8.31. The van der Waals surface area contributed by atoms with E-state index < -0.39 is 0 Å². The van der Waals surface area contributed by atoms with Crippen LogP contribution in [0.15, 0.2) is 78.0 Å². The van der Waals surface area contributed by atoms with Crippen LogP contribution in [-0.2, 0) is 0 Å². The maximum Gasteiger partial charge on any atom is 0.262 e. The summed E-state index contributed by atoms with van der Waals surface area (Å²) in [6, 6.07) is 22.1. The predicted molar refractivity (Wildman–Crippen MR) is 121 cm³/mol. The molecule has 0 atom stereocenters. The first-order chi connectivity index (χ1) is 16.2. The molecule has 3 heterocycles. The number of para-hydroxylation sites is 1. The Hall–Kier alpha value is -4.11. The summed E-state index contributed by atoms with van der Waals surface area (Å²) in [5, 5.41) is 9.36. The van der Waals surface area contributed by atoms with Crippen LogP contribution in [0.4, 0.5) is 0 Å². The molecule has 0 saturated carbocycles. The third-order valence-electron chi connectivity index (χ3n) is 5.48. The maximum atomic E-state index is 12.7. The van der Waals surface area contributed by atoms with Gasteiger partial charge in [-0.3, -0.25) is 19.1 Å². The highest BCUT2D eigenvalue weighted by Gasteiger charge is 2.35. The molecular formula is C24H16N4O4S. The number of hydrogen-bond acceptors (Lipinski definition) is 7. The summed E-state index contributed by atoms with van der Waals surface area (Å²) in [5.41, 5.74) is 2.52. The lowest BCUT2D eigenvalue weighted by atomic mass is 10.1. The van der Waals surface area contributed by atoms with Gasteiger partial charge in [-0.15, -0.1) is 10.2 Å². The molecule has 2 aliphatic rings. The molecule has 3 aromatic carbocycles. The number of carbonyl (C=O) groups excluding carboxylic acids is 2. The van der Waals surface area contributed by atoms with E-state index in [0.29, 0.717) is 33.6 Å². The SMILES string of the molecule is O=C1c2ccccc2C(=O)N1CSc1nnc(-c2ccc3c(c2)OCO3)n1-c1ccccc1. The van der Waals surface area contributed by atoms with E-state index in [2.05, 4.69) is 10.2 Å². The smallest absolute Gasteiger partial charge is 0.262 e. The van der Waals surface area contributed by atoms with E-state index in [4.69, 9.17) is 9.47 Å². The van der Waals surface area contributed by atoms with Crippen LogP contribution < -0.4 is 9.47 Å². The van der Waals surface area contributed by atoms with Gasteiger partial charge in [-0.1, -0.05) is 42.1 Å². The number of aromatic nitrogens is 3. The third kappa shape index (κ3) is 3.25. The highest BCUT2D eigenvalue weighted by atomic mass is 32.2. The summed E-state index contributed by atoms with van der Waals surface area (Å²) in [7, 11) is 0. The average Bonchev–Trinajstić information content (AvgIpc) is 3.55. The molecule has 0 bridgehead atoms. The van der Waals surface area contributed by atoms with Crippen LogP contribution in [0.5, 0.6) is 11.5 Å². The lowest BCUT2D eigenvalue weighted by Gasteiger charge is -2.14. The second-order valence-electron chi connectivity index (χ2n) is 7.40. The summed E-state index contributed by atoms with van der Waals surface area (Å²) in [6.45, 7) is 0.186. The Morgan fingerprint density at radius 2 is 1.52 bits per heavy atom. The molecule has 4 aromatic rings. The van der Waals surface area contributed by atoms with Crippen LogP contribution in [0.25, 0.3) is 17.1 Å². The molecule has 0 fully saturated rings. The Labute approximate surface area is 192 Å². The maximum absolute atomic E-state index is 12.7. The molecule has 8 nitrogen and oxygen atoms in total. The zero-order valence-corrected chi connectivity index (χ0v) is 18.0. The molecule has 6 rings (SSSR count). The number of imide groups is 1. The van der Waals surface area contributed by atoms with Crippen LogP contribution in [0.3, 0.4) is 0 Å². The Morgan fingerprint density at radius 3 is 2.27 bits per heavy atom. The summed E-state index contributed by atoms with van der Waals surface area (Å²) in [6.07, 6.45) is 0. The molecule has 162 valence electrons. The van der Waals surface area contributed by atoms with Gasteiger partial charge in [0.15, 0.2) is 22.5 Å². The largest absolute Gasteiger partial charge is 0.454 e. The molecule has 33 heavy (non-hydrogen) atoms. The number of thioether (sulfide) groups is 1. The molecule has 0 unspecified atom stereocenters. The van der Waals surface area contributed by atoms with Gasteiger partial charge < -0.3 is 9.47 Å². The molecule has 0 N–H and O–H groups in total. The molecule has 2 aliphatic heterocycles. The standard InChI is InChI=1S/C24H16N4O4S/c29-22-17-8-4-5-9-18(17)23(30)27(22)13-33-24-26-25-21(28(24)16-6-2-1-3-7-16)15-10-11-19-20(12-15)32-14-31-19/h1-12H,13-14H2. The Balaban J connectivity index is 1.35. The van der Waals surface area contributed by atoms with Crippen molar-refractivity contribution < 1.29 is 19.1 Å². The van der Waals surface area contributed by atoms with E-state index in [1.807, 2.05) is 53.1 Å². The van der Waals surface area contributed by atoms with E-state index in [0.717, 1.165) is 11.3 Å². The van der Waals surface area contributed by atoms with Crippen LogP contribution in [0.1, 0.15) is 20.7 Å². The minimum atomic E-state index is -0.301. The van der Waals surface area contributed by atoms with Gasteiger partial charge in [-0.05, 0) is 42.5 Å². The normalized spacial score (nSPS) is 14.1. The zero-order chi connectivity index (χ0) is 22.4. The lowest BCUT2D eigenvalue weighted by molar-refractivity contribution is 0.0684. The second kappa shape index (κ2) is 7.79. The quantitative estimate of drug-likeness (QED) is 0.331. The third-order valence-corrected chi connectivity index (χ3v) is 6.39. The molecule has 2 amide bonds. The van der Waals surface area contributed by atoms with Crippen molar-refractivity contribution in [3.63, 3.8) is 0 Å². The molecular weight excluding hydrogens is 440 g/mol. The predicted octanol–water partition coefficient (Wildman–Crippen LogP) is 4.01. The van der Waals surface area contributed by atoms with Crippen molar-refractivity contribution in [1.29, 1.82) is 0 Å². The number of benzene rings is 3. The minimum Gasteiger partial charge on any atom is -0.454 e. The molecule has 0 radical (unpaired) electrons.